The van der Waals surface area contributed by atoms with Gasteiger partial charge in [0.2, 0.25) is 0 Å². The van der Waals surface area contributed by atoms with Crippen molar-refractivity contribution < 1.29 is 0 Å². The lowest BCUT2D eigenvalue weighted by molar-refractivity contribution is 0.387. The molecule has 0 spiro atoms. The molecule has 0 radical (unpaired) electrons. The summed E-state index contributed by atoms with van der Waals surface area (Å²) in [5.41, 5.74) is 1.32. The van der Waals surface area contributed by atoms with Crippen LogP contribution in [-0.4, -0.2) is 13.1 Å². The van der Waals surface area contributed by atoms with Crippen LogP contribution < -0.4 is 5.32 Å². The summed E-state index contributed by atoms with van der Waals surface area (Å²) < 4.78 is 0. The van der Waals surface area contributed by atoms with E-state index in [2.05, 4.69) is 31.3 Å². The largest absolute Gasteiger partial charge is 0.317 e. The summed E-state index contributed by atoms with van der Waals surface area (Å²) in [7, 11) is 2.03. The van der Waals surface area contributed by atoms with Crippen LogP contribution in [0, 0.1) is 5.92 Å². The van der Waals surface area contributed by atoms with Crippen molar-refractivity contribution in [2.45, 2.75) is 32.7 Å². The third-order valence-electron chi connectivity index (χ3n) is 2.94. The van der Waals surface area contributed by atoms with Crippen molar-refractivity contribution in [2.24, 2.45) is 5.92 Å². The Balaban J connectivity index is 2.61. The highest BCUT2D eigenvalue weighted by Gasteiger charge is 2.13. The van der Waals surface area contributed by atoms with E-state index in [0.29, 0.717) is 12.0 Å². The Morgan fingerprint density at radius 3 is 2.67 bits per heavy atom. The Hall–Kier alpha value is -0.530. The fourth-order valence-corrected chi connectivity index (χ4v) is 2.28. The van der Waals surface area contributed by atoms with Gasteiger partial charge in [0.1, 0.15) is 0 Å². The molecule has 2 heteroatoms. The summed E-state index contributed by atoms with van der Waals surface area (Å²) in [5.74, 6) is 0.637. The van der Waals surface area contributed by atoms with Crippen LogP contribution in [0.2, 0.25) is 5.02 Å². The van der Waals surface area contributed by atoms with E-state index in [-0.39, 0.29) is 0 Å². The van der Waals surface area contributed by atoms with Crippen molar-refractivity contribution in [3.63, 3.8) is 0 Å². The van der Waals surface area contributed by atoms with Crippen molar-refractivity contribution in [1.82, 2.24) is 5.32 Å². The molecular formula is C13H20ClN. The lowest BCUT2D eigenvalue weighted by Gasteiger charge is -2.22. The van der Waals surface area contributed by atoms with Crippen LogP contribution in [0.25, 0.3) is 0 Å². The number of hydrogen-bond acceptors (Lipinski definition) is 1. The molecule has 2 atom stereocenters. The second-order valence-corrected chi connectivity index (χ2v) is 4.55. The molecule has 0 fully saturated rings. The fourth-order valence-electron chi connectivity index (χ4n) is 2.07. The van der Waals surface area contributed by atoms with Crippen molar-refractivity contribution in [3.8, 4) is 0 Å². The van der Waals surface area contributed by atoms with Gasteiger partial charge < -0.3 is 5.32 Å². The zero-order valence-corrected chi connectivity index (χ0v) is 10.5. The van der Waals surface area contributed by atoms with Crippen LogP contribution in [0.4, 0.5) is 0 Å². The number of hydrogen-bond donors (Lipinski definition) is 1. The minimum atomic E-state index is 0.587. The van der Waals surface area contributed by atoms with Crippen LogP contribution in [0.15, 0.2) is 24.3 Å². The molecule has 84 valence electrons. The summed E-state index contributed by atoms with van der Waals surface area (Å²) in [6.07, 6.45) is 2.25. The number of rotatable bonds is 5. The molecule has 0 saturated heterocycles. The van der Waals surface area contributed by atoms with E-state index in [0.717, 1.165) is 17.9 Å². The Bertz CT molecular complexity index is 294. The van der Waals surface area contributed by atoms with Crippen LogP contribution in [-0.2, 0) is 6.42 Å². The van der Waals surface area contributed by atoms with Crippen molar-refractivity contribution in [3.05, 3.63) is 34.9 Å². The van der Waals surface area contributed by atoms with E-state index in [1.807, 2.05) is 19.2 Å². The van der Waals surface area contributed by atoms with Gasteiger partial charge in [0, 0.05) is 11.1 Å². The molecule has 0 saturated carbocycles. The van der Waals surface area contributed by atoms with Gasteiger partial charge >= 0.3 is 0 Å². The molecule has 0 amide bonds. The maximum absolute atomic E-state index is 5.96. The zero-order chi connectivity index (χ0) is 11.3. The average molecular weight is 226 g/mol. The topological polar surface area (TPSA) is 12.0 Å². The third-order valence-corrected chi connectivity index (χ3v) is 3.18. The van der Waals surface area contributed by atoms with Crippen molar-refractivity contribution in [1.29, 1.82) is 0 Å². The zero-order valence-electron chi connectivity index (χ0n) is 9.76. The maximum Gasteiger partial charge on any atom is 0.0408 e. The number of halogens is 1. The quantitative estimate of drug-likeness (QED) is 0.809. The summed E-state index contributed by atoms with van der Waals surface area (Å²) in [6.45, 7) is 4.50. The van der Waals surface area contributed by atoms with E-state index in [9.17, 15) is 0 Å². The molecule has 0 bridgehead atoms. The Morgan fingerprint density at radius 1 is 1.40 bits per heavy atom. The number of nitrogens with one attached hydrogen (secondary N) is 1. The highest BCUT2D eigenvalue weighted by atomic mass is 35.5. The van der Waals surface area contributed by atoms with E-state index < -0.39 is 0 Å². The second kappa shape index (κ2) is 6.14. The lowest BCUT2D eigenvalue weighted by Crippen LogP contribution is -2.32. The van der Waals surface area contributed by atoms with Crippen LogP contribution in [0.1, 0.15) is 25.8 Å². The molecule has 2 unspecified atom stereocenters. The van der Waals surface area contributed by atoms with E-state index in [1.54, 1.807) is 0 Å². The molecule has 1 aromatic carbocycles. The van der Waals surface area contributed by atoms with Gasteiger partial charge in [-0.2, -0.15) is 0 Å². The van der Waals surface area contributed by atoms with Gasteiger partial charge in [0.15, 0.2) is 0 Å². The maximum atomic E-state index is 5.96. The van der Waals surface area contributed by atoms with Crippen LogP contribution in [0.3, 0.4) is 0 Å². The normalized spacial score (nSPS) is 14.9. The minimum absolute atomic E-state index is 0.587. The summed E-state index contributed by atoms with van der Waals surface area (Å²) in [5, 5.41) is 4.18. The first kappa shape index (κ1) is 12.5. The SMILES string of the molecule is CCC(NC)C(C)Cc1cccc(Cl)c1. The molecule has 1 N–H and O–H groups in total. The second-order valence-electron chi connectivity index (χ2n) is 4.11. The average Bonchev–Trinajstić information content (AvgIpc) is 2.19. The van der Waals surface area contributed by atoms with Crippen LogP contribution >= 0.6 is 11.6 Å². The van der Waals surface area contributed by atoms with Gasteiger partial charge in [-0.25, -0.2) is 0 Å². The highest BCUT2D eigenvalue weighted by Crippen LogP contribution is 2.17. The minimum Gasteiger partial charge on any atom is -0.317 e. The molecule has 1 nitrogen and oxygen atoms in total. The summed E-state index contributed by atoms with van der Waals surface area (Å²) >= 11 is 5.96. The Kier molecular flexibility index (Phi) is 5.13. The first-order chi connectivity index (χ1) is 7.17. The standard InChI is InChI=1S/C13H20ClN/c1-4-13(15-3)10(2)8-11-6-5-7-12(14)9-11/h5-7,9-10,13,15H,4,8H2,1-3H3. The molecule has 1 rings (SSSR count). The van der Waals surface area contributed by atoms with Gasteiger partial charge in [0.05, 0.1) is 0 Å². The monoisotopic (exact) mass is 225 g/mol. The Labute approximate surface area is 97.8 Å². The molecule has 0 aliphatic carbocycles. The predicted octanol–water partition coefficient (Wildman–Crippen LogP) is 3.52. The molecule has 0 aliphatic heterocycles. The first-order valence-corrected chi connectivity index (χ1v) is 5.96. The Morgan fingerprint density at radius 2 is 2.13 bits per heavy atom. The summed E-state index contributed by atoms with van der Waals surface area (Å²) in [6, 6.07) is 8.73. The molecule has 0 aromatic heterocycles. The predicted molar refractivity (Wildman–Crippen MR) is 67.5 cm³/mol. The molecule has 0 heterocycles. The molecular weight excluding hydrogens is 206 g/mol. The van der Waals surface area contributed by atoms with Crippen molar-refractivity contribution >= 4 is 11.6 Å². The van der Waals surface area contributed by atoms with Gasteiger partial charge in [-0.1, -0.05) is 37.6 Å². The van der Waals surface area contributed by atoms with E-state index >= 15 is 0 Å². The van der Waals surface area contributed by atoms with Crippen molar-refractivity contribution in [2.75, 3.05) is 7.05 Å². The van der Waals surface area contributed by atoms with Gasteiger partial charge in [0.25, 0.3) is 0 Å². The number of benzene rings is 1. The third kappa shape index (κ3) is 3.84. The molecule has 0 aliphatic rings. The van der Waals surface area contributed by atoms with Crippen LogP contribution in [0.5, 0.6) is 0 Å². The molecule has 1 aromatic rings. The smallest absolute Gasteiger partial charge is 0.0408 e. The lowest BCUT2D eigenvalue weighted by atomic mass is 9.92. The highest BCUT2D eigenvalue weighted by molar-refractivity contribution is 6.30. The van der Waals surface area contributed by atoms with E-state index in [4.69, 9.17) is 11.6 Å². The first-order valence-electron chi connectivity index (χ1n) is 5.59. The fraction of sp³-hybridized carbons (Fsp3) is 0.538. The van der Waals surface area contributed by atoms with Gasteiger partial charge in [-0.05, 0) is 43.5 Å². The van der Waals surface area contributed by atoms with Gasteiger partial charge in [-0.15, -0.1) is 0 Å². The summed E-state index contributed by atoms with van der Waals surface area (Å²) in [4.78, 5) is 0. The van der Waals surface area contributed by atoms with E-state index in [1.165, 1.54) is 5.56 Å². The van der Waals surface area contributed by atoms with Gasteiger partial charge in [-0.3, -0.25) is 0 Å². The molecule has 15 heavy (non-hydrogen) atoms.